The van der Waals surface area contributed by atoms with E-state index in [9.17, 15) is 0 Å². The summed E-state index contributed by atoms with van der Waals surface area (Å²) in [5.74, 6) is 0.219. The summed E-state index contributed by atoms with van der Waals surface area (Å²) in [5, 5.41) is 9.16. The molecule has 1 nitrogen and oxygen atoms in total. The van der Waals surface area contributed by atoms with Crippen LogP contribution >= 0.6 is 34.5 Å². The lowest BCUT2D eigenvalue weighted by Crippen LogP contribution is -1.93. The molecule has 4 heteroatoms. The van der Waals surface area contributed by atoms with Gasteiger partial charge in [-0.15, -0.1) is 22.9 Å². The molecule has 0 amide bonds. The number of hydrogen-bond donors (Lipinski definition) is 1. The summed E-state index contributed by atoms with van der Waals surface area (Å²) in [7, 11) is 0. The van der Waals surface area contributed by atoms with Crippen LogP contribution in [0.4, 0.5) is 0 Å². The Labute approximate surface area is 73.2 Å². The van der Waals surface area contributed by atoms with Crippen LogP contribution < -0.4 is 0 Å². The number of rotatable bonds is 2. The molecule has 0 spiro atoms. The van der Waals surface area contributed by atoms with Crippen molar-refractivity contribution in [1.29, 1.82) is 0 Å². The van der Waals surface area contributed by atoms with E-state index < -0.39 is 6.10 Å². The predicted octanol–water partition coefficient (Wildman–Crippen LogP) is 2.67. The van der Waals surface area contributed by atoms with E-state index in [2.05, 4.69) is 0 Å². The summed E-state index contributed by atoms with van der Waals surface area (Å²) in [4.78, 5) is 0.819. The van der Waals surface area contributed by atoms with Crippen LogP contribution in [0.1, 0.15) is 11.0 Å². The van der Waals surface area contributed by atoms with Crippen LogP contribution in [0.25, 0.3) is 0 Å². The van der Waals surface area contributed by atoms with Gasteiger partial charge in [-0.2, -0.15) is 0 Å². The van der Waals surface area contributed by atoms with Crippen molar-refractivity contribution >= 4 is 34.5 Å². The molecule has 10 heavy (non-hydrogen) atoms. The maximum atomic E-state index is 9.16. The smallest absolute Gasteiger partial charge is 0.102 e. The van der Waals surface area contributed by atoms with Gasteiger partial charge in [0.15, 0.2) is 0 Å². The summed E-state index contributed by atoms with van der Waals surface area (Å²) >= 11 is 12.4. The van der Waals surface area contributed by atoms with Gasteiger partial charge in [-0.1, -0.05) is 11.6 Å². The van der Waals surface area contributed by atoms with Crippen LogP contribution in [-0.4, -0.2) is 11.0 Å². The van der Waals surface area contributed by atoms with Gasteiger partial charge in [0.1, 0.15) is 6.10 Å². The summed E-state index contributed by atoms with van der Waals surface area (Å²) in [6.07, 6.45) is -0.570. The molecule has 0 radical (unpaired) electrons. The quantitative estimate of drug-likeness (QED) is 0.722. The van der Waals surface area contributed by atoms with Crippen LogP contribution in [0, 0.1) is 0 Å². The van der Waals surface area contributed by atoms with Crippen molar-refractivity contribution in [3.63, 3.8) is 0 Å². The monoisotopic (exact) mass is 196 g/mol. The molecule has 0 aromatic carbocycles. The number of thiophene rings is 1. The molecule has 0 saturated heterocycles. The van der Waals surface area contributed by atoms with E-state index in [1.54, 1.807) is 12.1 Å². The third-order valence-electron chi connectivity index (χ3n) is 1.07. The summed E-state index contributed by atoms with van der Waals surface area (Å²) in [6.45, 7) is 0. The maximum Gasteiger partial charge on any atom is 0.102 e. The van der Waals surface area contributed by atoms with E-state index in [-0.39, 0.29) is 5.88 Å². The van der Waals surface area contributed by atoms with Crippen molar-refractivity contribution in [2.24, 2.45) is 0 Å². The highest BCUT2D eigenvalue weighted by Crippen LogP contribution is 2.27. The van der Waals surface area contributed by atoms with Crippen molar-refractivity contribution in [1.82, 2.24) is 0 Å². The fraction of sp³-hybridized carbons (Fsp3) is 0.333. The van der Waals surface area contributed by atoms with Crippen molar-refractivity contribution < 1.29 is 5.11 Å². The highest BCUT2D eigenvalue weighted by molar-refractivity contribution is 7.16. The van der Waals surface area contributed by atoms with E-state index in [0.717, 1.165) is 4.88 Å². The second kappa shape index (κ2) is 3.58. The van der Waals surface area contributed by atoms with Gasteiger partial charge in [0, 0.05) is 4.88 Å². The van der Waals surface area contributed by atoms with Gasteiger partial charge in [0.2, 0.25) is 0 Å². The molecule has 56 valence electrons. The molecular formula is C6H6Cl2OS. The maximum absolute atomic E-state index is 9.16. The molecule has 1 unspecified atom stereocenters. The minimum Gasteiger partial charge on any atom is -0.386 e. The second-order valence-electron chi connectivity index (χ2n) is 1.81. The van der Waals surface area contributed by atoms with Crippen LogP contribution in [0.15, 0.2) is 12.1 Å². The average molecular weight is 197 g/mol. The Balaban J connectivity index is 2.74. The number of aliphatic hydroxyl groups excluding tert-OH is 1. The van der Waals surface area contributed by atoms with Gasteiger partial charge in [0.25, 0.3) is 0 Å². The van der Waals surface area contributed by atoms with Crippen LogP contribution in [-0.2, 0) is 0 Å². The van der Waals surface area contributed by atoms with Crippen LogP contribution in [0.3, 0.4) is 0 Å². The minimum absolute atomic E-state index is 0.219. The predicted molar refractivity (Wildman–Crippen MR) is 45.0 cm³/mol. The molecule has 0 fully saturated rings. The third-order valence-corrected chi connectivity index (χ3v) is 2.69. The summed E-state index contributed by atoms with van der Waals surface area (Å²) < 4.78 is 0.680. The number of aliphatic hydroxyl groups is 1. The van der Waals surface area contributed by atoms with E-state index in [4.69, 9.17) is 28.3 Å². The fourth-order valence-corrected chi connectivity index (χ4v) is 1.89. The molecule has 0 aliphatic rings. The van der Waals surface area contributed by atoms with E-state index >= 15 is 0 Å². The minimum atomic E-state index is -0.570. The zero-order chi connectivity index (χ0) is 7.56. The SMILES string of the molecule is OC(CCl)c1ccc(Cl)s1. The lowest BCUT2D eigenvalue weighted by Gasteiger charge is -2.00. The molecule has 1 aromatic rings. The molecule has 1 N–H and O–H groups in total. The average Bonchev–Trinajstić information content (AvgIpc) is 2.34. The van der Waals surface area contributed by atoms with Gasteiger partial charge >= 0.3 is 0 Å². The Morgan fingerprint density at radius 2 is 2.30 bits per heavy atom. The molecule has 0 aliphatic heterocycles. The highest BCUT2D eigenvalue weighted by Gasteiger charge is 2.07. The zero-order valence-corrected chi connectivity index (χ0v) is 7.38. The van der Waals surface area contributed by atoms with Gasteiger partial charge in [-0.3, -0.25) is 0 Å². The van der Waals surface area contributed by atoms with E-state index in [1.807, 2.05) is 0 Å². The molecule has 0 bridgehead atoms. The number of hydrogen-bond acceptors (Lipinski definition) is 2. The Kier molecular flexibility index (Phi) is 2.98. The molecule has 1 heterocycles. The first-order chi connectivity index (χ1) is 4.74. The summed E-state index contributed by atoms with van der Waals surface area (Å²) in [6, 6.07) is 3.53. The zero-order valence-electron chi connectivity index (χ0n) is 5.05. The number of alkyl halides is 1. The van der Waals surface area contributed by atoms with Crippen LogP contribution in [0.2, 0.25) is 4.34 Å². The Hall–Kier alpha value is 0.240. The molecule has 0 saturated carbocycles. The van der Waals surface area contributed by atoms with Gasteiger partial charge in [-0.05, 0) is 12.1 Å². The first kappa shape index (κ1) is 8.34. The Morgan fingerprint density at radius 3 is 2.70 bits per heavy atom. The Bertz CT molecular complexity index is 211. The van der Waals surface area contributed by atoms with Crippen molar-refractivity contribution in [3.05, 3.63) is 21.3 Å². The van der Waals surface area contributed by atoms with Crippen LogP contribution in [0.5, 0.6) is 0 Å². The molecular weight excluding hydrogens is 191 g/mol. The van der Waals surface area contributed by atoms with Crippen molar-refractivity contribution in [2.45, 2.75) is 6.10 Å². The van der Waals surface area contributed by atoms with Crippen molar-refractivity contribution in [3.8, 4) is 0 Å². The van der Waals surface area contributed by atoms with Crippen molar-refractivity contribution in [2.75, 3.05) is 5.88 Å². The molecule has 0 aliphatic carbocycles. The lowest BCUT2D eigenvalue weighted by atomic mass is 10.3. The largest absolute Gasteiger partial charge is 0.386 e. The summed E-state index contributed by atoms with van der Waals surface area (Å²) in [5.41, 5.74) is 0. The number of halogens is 2. The second-order valence-corrected chi connectivity index (χ2v) is 3.87. The van der Waals surface area contributed by atoms with E-state index in [0.29, 0.717) is 4.34 Å². The Morgan fingerprint density at radius 1 is 1.60 bits per heavy atom. The lowest BCUT2D eigenvalue weighted by molar-refractivity contribution is 0.206. The third kappa shape index (κ3) is 1.86. The standard InChI is InChI=1S/C6H6Cl2OS/c7-3-4(9)5-1-2-6(8)10-5/h1-2,4,9H,3H2. The normalized spacial score (nSPS) is 13.5. The molecule has 1 rings (SSSR count). The first-order valence-electron chi connectivity index (χ1n) is 2.73. The van der Waals surface area contributed by atoms with Gasteiger partial charge in [0.05, 0.1) is 10.2 Å². The molecule has 1 aromatic heterocycles. The van der Waals surface area contributed by atoms with Gasteiger partial charge in [-0.25, -0.2) is 0 Å². The first-order valence-corrected chi connectivity index (χ1v) is 4.46. The topological polar surface area (TPSA) is 20.2 Å². The molecule has 1 atom stereocenters. The van der Waals surface area contributed by atoms with E-state index in [1.165, 1.54) is 11.3 Å². The fourth-order valence-electron chi connectivity index (χ4n) is 0.583. The van der Waals surface area contributed by atoms with Gasteiger partial charge < -0.3 is 5.11 Å². The highest BCUT2D eigenvalue weighted by atomic mass is 35.5.